The van der Waals surface area contributed by atoms with Gasteiger partial charge in [-0.15, -0.1) is 0 Å². The Balaban J connectivity index is 2.96. The third-order valence-electron chi connectivity index (χ3n) is 6.32. The summed E-state index contributed by atoms with van der Waals surface area (Å²) >= 11 is 0. The van der Waals surface area contributed by atoms with Gasteiger partial charge in [0.15, 0.2) is 8.32 Å². The molecule has 0 radical (unpaired) electrons. The summed E-state index contributed by atoms with van der Waals surface area (Å²) in [6, 6.07) is 8.34. The molecule has 0 aromatic heterocycles. The Morgan fingerprint density at radius 3 is 0.896 bits per heavy atom. The minimum absolute atomic E-state index is 1.12. The molecule has 0 fully saturated rings. The maximum Gasteiger partial charge on any atom is 0.314 e. The quantitative estimate of drug-likeness (QED) is 0.119. The van der Waals surface area contributed by atoms with Crippen LogP contribution < -0.4 is 5.19 Å². The van der Waals surface area contributed by atoms with Gasteiger partial charge in [-0.05, 0) is 148 Å². The maximum atomic E-state index is 6.89. The molecule has 9 nitrogen and oxygen atoms in total. The molecule has 0 saturated heterocycles. The summed E-state index contributed by atoms with van der Waals surface area (Å²) < 4.78 is 60.6. The van der Waals surface area contributed by atoms with Crippen molar-refractivity contribution in [2.24, 2.45) is 0 Å². The summed E-state index contributed by atoms with van der Waals surface area (Å²) in [6.45, 7) is 48.4. The molecule has 280 valence electrons. The molecular weight excluding hydrogens is 773 g/mol. The lowest BCUT2D eigenvalue weighted by atomic mass is 10.2. The van der Waals surface area contributed by atoms with Crippen molar-refractivity contribution in [2.75, 3.05) is 0 Å². The average Bonchev–Trinajstić information content (AvgIpc) is 2.69. The van der Waals surface area contributed by atoms with Gasteiger partial charge in [0, 0.05) is 0 Å². The second kappa shape index (κ2) is 16.0. The lowest BCUT2D eigenvalue weighted by molar-refractivity contribution is 0.257. The fraction of sp³-hybridized carbons (Fsp3) is 0.724. The Hall–Kier alpha value is 0.769. The Kier molecular flexibility index (Phi) is 15.6. The van der Waals surface area contributed by atoms with Crippen LogP contribution in [0.4, 0.5) is 0 Å². The average molecular weight is 844 g/mol. The van der Waals surface area contributed by atoms with Gasteiger partial charge in [-0.2, -0.15) is 0 Å². The molecule has 0 N–H and O–H groups in total. The number of benzene rings is 1. The highest BCUT2D eigenvalue weighted by molar-refractivity contribution is 6.95. The maximum absolute atomic E-state index is 6.89. The molecule has 0 spiro atoms. The van der Waals surface area contributed by atoms with Crippen LogP contribution in [0.2, 0.25) is 137 Å². The van der Waals surface area contributed by atoms with Crippen molar-refractivity contribution in [2.45, 2.75) is 137 Å². The zero-order valence-electron chi connectivity index (χ0n) is 34.3. The summed E-state index contributed by atoms with van der Waals surface area (Å²) in [5, 5.41) is 1.22. The van der Waals surface area contributed by atoms with Crippen molar-refractivity contribution in [3.63, 3.8) is 0 Å². The van der Waals surface area contributed by atoms with E-state index in [-0.39, 0.29) is 0 Å². The Labute approximate surface area is 305 Å². The summed E-state index contributed by atoms with van der Waals surface area (Å²) in [6.07, 6.45) is 1.90. The molecule has 0 unspecified atom stereocenters. The Morgan fingerprint density at radius 2 is 0.625 bits per heavy atom. The summed E-state index contributed by atoms with van der Waals surface area (Å²) in [4.78, 5) is 0. The van der Waals surface area contributed by atoms with E-state index in [2.05, 4.69) is 162 Å². The first kappa shape index (κ1) is 46.8. The Bertz CT molecular complexity index is 1230. The predicted octanol–water partition coefficient (Wildman–Crippen LogP) is 9.34. The summed E-state index contributed by atoms with van der Waals surface area (Å²) in [5.41, 5.74) is 1.12. The molecule has 0 saturated carbocycles. The van der Waals surface area contributed by atoms with Gasteiger partial charge in [0.2, 0.25) is 8.32 Å². The van der Waals surface area contributed by atoms with Crippen molar-refractivity contribution in [1.29, 1.82) is 0 Å². The number of hydrogen-bond acceptors (Lipinski definition) is 9. The van der Waals surface area contributed by atoms with Gasteiger partial charge in [-0.1, -0.05) is 36.9 Å². The number of rotatable bonds is 20. The third kappa shape index (κ3) is 18.0. The predicted molar refractivity (Wildman–Crippen MR) is 227 cm³/mol. The lowest BCUT2D eigenvalue weighted by Crippen LogP contribution is -2.62. The topological polar surface area (TPSA) is 83.1 Å². The van der Waals surface area contributed by atoms with Crippen LogP contribution in [-0.4, -0.2) is 85.1 Å². The molecule has 1 rings (SSSR count). The standard InChI is InChI=1S/C29H70O9Si10/c1-23-28-26-24-25-27-29(28)40(5,6)31-42(9,10)33-44(13,14)35-46(17,18)37-48(21,22)38-47(19,20)36-45(15,16)34-43(11,12)32-41(7,8)30-39(2,3)4/h23-27H,1H2,2-22H3. The van der Waals surface area contributed by atoms with E-state index in [9.17, 15) is 0 Å². The van der Waals surface area contributed by atoms with Crippen LogP contribution in [0.1, 0.15) is 5.56 Å². The monoisotopic (exact) mass is 842 g/mol. The van der Waals surface area contributed by atoms with E-state index in [1.807, 2.05) is 12.1 Å². The van der Waals surface area contributed by atoms with Crippen molar-refractivity contribution in [1.82, 2.24) is 0 Å². The third-order valence-corrected chi connectivity index (χ3v) is 44.0. The smallest absolute Gasteiger partial charge is 0.314 e. The molecule has 0 aliphatic heterocycles. The largest absolute Gasteiger partial charge is 0.437 e. The summed E-state index contributed by atoms with van der Waals surface area (Å²) in [7, 11) is -24.9. The van der Waals surface area contributed by atoms with E-state index in [4.69, 9.17) is 37.0 Å². The van der Waals surface area contributed by atoms with Crippen LogP contribution in [0, 0.1) is 0 Å². The molecule has 0 aliphatic carbocycles. The van der Waals surface area contributed by atoms with E-state index >= 15 is 0 Å². The van der Waals surface area contributed by atoms with E-state index in [0.717, 1.165) is 5.56 Å². The fourth-order valence-corrected chi connectivity index (χ4v) is 57.1. The van der Waals surface area contributed by atoms with Crippen molar-refractivity contribution >= 4 is 96.4 Å². The Morgan fingerprint density at radius 1 is 0.375 bits per heavy atom. The van der Waals surface area contributed by atoms with E-state index in [1.165, 1.54) is 5.19 Å². The van der Waals surface area contributed by atoms with Crippen molar-refractivity contribution in [3.8, 4) is 0 Å². The van der Waals surface area contributed by atoms with Crippen LogP contribution in [0.3, 0.4) is 0 Å². The minimum Gasteiger partial charge on any atom is -0.437 e. The molecule has 19 heteroatoms. The molecule has 0 atom stereocenters. The molecule has 1 aromatic carbocycles. The van der Waals surface area contributed by atoms with Gasteiger partial charge < -0.3 is 37.0 Å². The van der Waals surface area contributed by atoms with E-state index in [0.29, 0.717) is 0 Å². The van der Waals surface area contributed by atoms with Gasteiger partial charge in [0.1, 0.15) is 0 Å². The molecule has 1 aromatic rings. The molecule has 0 bridgehead atoms. The second-order valence-corrected chi connectivity index (χ2v) is 55.1. The zero-order chi connectivity index (χ0) is 38.1. The lowest BCUT2D eigenvalue weighted by Gasteiger charge is -2.44. The van der Waals surface area contributed by atoms with Crippen molar-refractivity contribution < 1.29 is 37.0 Å². The second-order valence-electron chi connectivity index (χ2n) is 17.5. The van der Waals surface area contributed by atoms with Gasteiger partial charge in [0.05, 0.1) is 0 Å². The van der Waals surface area contributed by atoms with Gasteiger partial charge >= 0.3 is 68.5 Å². The zero-order valence-corrected chi connectivity index (χ0v) is 44.3. The highest BCUT2D eigenvalue weighted by atomic mass is 28.5. The van der Waals surface area contributed by atoms with Gasteiger partial charge in [0.25, 0.3) is 0 Å². The molecule has 0 amide bonds. The van der Waals surface area contributed by atoms with Crippen LogP contribution in [0.15, 0.2) is 30.8 Å². The highest BCUT2D eigenvalue weighted by Gasteiger charge is 2.50. The first-order chi connectivity index (χ1) is 20.9. The van der Waals surface area contributed by atoms with Crippen LogP contribution in [-0.2, 0) is 37.0 Å². The molecule has 0 aliphatic rings. The van der Waals surface area contributed by atoms with Gasteiger partial charge in [-0.3, -0.25) is 0 Å². The molecule has 0 heterocycles. The van der Waals surface area contributed by atoms with Gasteiger partial charge in [-0.25, -0.2) is 0 Å². The number of hydrogen-bond donors (Lipinski definition) is 0. The minimum atomic E-state index is -2.69. The van der Waals surface area contributed by atoms with Crippen LogP contribution in [0.25, 0.3) is 6.08 Å². The first-order valence-electron chi connectivity index (χ1n) is 16.9. The SMILES string of the molecule is C=Cc1ccccc1[Si](C)(C)O[Si](C)(C)O[Si](C)(C)O[Si](C)(C)O[Si](C)(C)O[Si](C)(C)O[Si](C)(C)O[Si](C)(C)O[Si](C)(C)O[Si](C)(C)C. The first-order valence-corrected chi connectivity index (χ1v) is 45.8. The van der Waals surface area contributed by atoms with Crippen molar-refractivity contribution in [3.05, 3.63) is 36.4 Å². The highest BCUT2D eigenvalue weighted by Crippen LogP contribution is 2.30. The van der Waals surface area contributed by atoms with E-state index < -0.39 is 85.1 Å². The summed E-state index contributed by atoms with van der Waals surface area (Å²) in [5.74, 6) is 0. The fourth-order valence-electron chi connectivity index (χ4n) is 6.94. The van der Waals surface area contributed by atoms with Crippen LogP contribution in [0.5, 0.6) is 0 Å². The molecule has 48 heavy (non-hydrogen) atoms. The normalized spacial score (nSPS) is 15.2. The molecular formula is C29H70O9Si10. The van der Waals surface area contributed by atoms with E-state index in [1.54, 1.807) is 0 Å². The van der Waals surface area contributed by atoms with Crippen LogP contribution >= 0.6 is 0 Å².